The summed E-state index contributed by atoms with van der Waals surface area (Å²) in [5, 5.41) is 9.33. The van der Waals surface area contributed by atoms with Gasteiger partial charge in [-0.15, -0.1) is 0 Å². The average molecular weight is 212 g/mol. The molecule has 1 atom stereocenters. The normalized spacial score (nSPS) is 24.6. The molecule has 0 fully saturated rings. The lowest BCUT2D eigenvalue weighted by atomic mass is 9.70. The van der Waals surface area contributed by atoms with Crippen molar-refractivity contribution in [1.29, 1.82) is 0 Å². The first-order valence-electron chi connectivity index (χ1n) is 4.98. The Morgan fingerprint density at radius 1 is 1.67 bits per heavy atom. The number of carbonyl (C=O) groups excluding carboxylic acids is 2. The first-order chi connectivity index (χ1) is 6.88. The molecule has 4 nitrogen and oxygen atoms in total. The molecule has 15 heavy (non-hydrogen) atoms. The van der Waals surface area contributed by atoms with Crippen LogP contribution < -0.4 is 0 Å². The molecule has 0 saturated heterocycles. The molecule has 0 aromatic carbocycles. The van der Waals surface area contributed by atoms with Crippen LogP contribution in [0, 0.1) is 11.3 Å². The third-order valence-electron chi connectivity index (χ3n) is 2.53. The molecule has 0 heterocycles. The molecule has 1 aliphatic carbocycles. The Labute approximate surface area is 88.9 Å². The zero-order valence-corrected chi connectivity index (χ0v) is 9.24. The van der Waals surface area contributed by atoms with E-state index in [1.54, 1.807) is 20.8 Å². The van der Waals surface area contributed by atoms with E-state index in [0.717, 1.165) is 6.08 Å². The van der Waals surface area contributed by atoms with Gasteiger partial charge in [-0.25, -0.2) is 0 Å². The summed E-state index contributed by atoms with van der Waals surface area (Å²) in [4.78, 5) is 23.2. The van der Waals surface area contributed by atoms with Gasteiger partial charge in [-0.1, -0.05) is 13.8 Å². The van der Waals surface area contributed by atoms with Crippen molar-refractivity contribution < 1.29 is 19.4 Å². The van der Waals surface area contributed by atoms with E-state index >= 15 is 0 Å². The lowest BCUT2D eigenvalue weighted by Crippen LogP contribution is -2.40. The van der Waals surface area contributed by atoms with Crippen molar-refractivity contribution in [2.24, 2.45) is 11.3 Å². The molecule has 1 aliphatic rings. The highest BCUT2D eigenvalue weighted by molar-refractivity contribution is 6.06. The Hall–Kier alpha value is -1.32. The number of hydrogen-bond acceptors (Lipinski definition) is 4. The van der Waals surface area contributed by atoms with Gasteiger partial charge in [0.05, 0.1) is 12.4 Å². The molecular weight excluding hydrogens is 196 g/mol. The van der Waals surface area contributed by atoms with Gasteiger partial charge < -0.3 is 9.84 Å². The monoisotopic (exact) mass is 212 g/mol. The molecule has 0 amide bonds. The molecule has 1 rings (SSSR count). The summed E-state index contributed by atoms with van der Waals surface area (Å²) in [6.45, 7) is 5.51. The highest BCUT2D eigenvalue weighted by Crippen LogP contribution is 2.38. The Morgan fingerprint density at radius 3 is 2.73 bits per heavy atom. The molecule has 0 aromatic heterocycles. The maximum Gasteiger partial charge on any atom is 0.317 e. The van der Waals surface area contributed by atoms with Crippen LogP contribution in [-0.4, -0.2) is 23.5 Å². The van der Waals surface area contributed by atoms with E-state index in [4.69, 9.17) is 4.74 Å². The molecule has 0 spiro atoms. The number of hydrogen-bond donors (Lipinski definition) is 1. The molecule has 0 bridgehead atoms. The van der Waals surface area contributed by atoms with E-state index in [-0.39, 0.29) is 18.1 Å². The summed E-state index contributed by atoms with van der Waals surface area (Å²) in [5.41, 5.74) is -0.581. The predicted octanol–water partition coefficient (Wildman–Crippen LogP) is 1.61. The Balaban J connectivity index is 2.96. The summed E-state index contributed by atoms with van der Waals surface area (Å²) < 4.78 is 4.85. The summed E-state index contributed by atoms with van der Waals surface area (Å²) in [7, 11) is 0. The number of ether oxygens (including phenoxy) is 1. The first kappa shape index (κ1) is 11.8. The minimum atomic E-state index is -0.798. The van der Waals surface area contributed by atoms with E-state index in [1.807, 2.05) is 0 Å². The number of rotatable bonds is 2. The maximum atomic E-state index is 11.6. The van der Waals surface area contributed by atoms with E-state index < -0.39 is 17.3 Å². The second kappa shape index (κ2) is 4.04. The van der Waals surface area contributed by atoms with Gasteiger partial charge in [0.2, 0.25) is 0 Å². The molecular formula is C11H16O4. The molecule has 0 aromatic rings. The van der Waals surface area contributed by atoms with E-state index in [1.165, 1.54) is 0 Å². The molecule has 0 radical (unpaired) electrons. The van der Waals surface area contributed by atoms with Gasteiger partial charge in [0.1, 0.15) is 5.92 Å². The standard InChI is InChI=1S/C11H16O4/c1-4-15-10(14)9-8(13)5-7(12)6-11(9,2)3/h5,9,12H,4,6H2,1-3H3. The molecule has 1 N–H and O–H groups in total. The molecule has 1 unspecified atom stereocenters. The number of esters is 1. The van der Waals surface area contributed by atoms with Gasteiger partial charge in [0.15, 0.2) is 5.78 Å². The molecule has 0 saturated carbocycles. The van der Waals surface area contributed by atoms with Crippen molar-refractivity contribution in [2.45, 2.75) is 27.2 Å². The van der Waals surface area contributed by atoms with Crippen LogP contribution in [0.2, 0.25) is 0 Å². The summed E-state index contributed by atoms with van der Waals surface area (Å²) in [6, 6.07) is 0. The summed E-state index contributed by atoms with van der Waals surface area (Å²) in [5.74, 6) is -1.64. The van der Waals surface area contributed by atoms with Crippen LogP contribution in [0.3, 0.4) is 0 Å². The van der Waals surface area contributed by atoms with Crippen LogP contribution >= 0.6 is 0 Å². The van der Waals surface area contributed by atoms with Crippen LogP contribution in [0.15, 0.2) is 11.8 Å². The quantitative estimate of drug-likeness (QED) is 0.558. The zero-order valence-electron chi connectivity index (χ0n) is 9.24. The van der Waals surface area contributed by atoms with Gasteiger partial charge in [0, 0.05) is 12.5 Å². The number of aliphatic hydroxyl groups is 1. The topological polar surface area (TPSA) is 63.6 Å². The second-order valence-corrected chi connectivity index (χ2v) is 4.39. The smallest absolute Gasteiger partial charge is 0.317 e. The Bertz CT molecular complexity index is 315. The van der Waals surface area contributed by atoms with Crippen molar-refractivity contribution in [3.8, 4) is 0 Å². The fraction of sp³-hybridized carbons (Fsp3) is 0.636. The fourth-order valence-electron chi connectivity index (χ4n) is 1.91. The zero-order chi connectivity index (χ0) is 11.6. The number of aliphatic hydroxyl groups excluding tert-OH is 1. The molecule has 0 aliphatic heterocycles. The average Bonchev–Trinajstić information content (AvgIpc) is 1.99. The second-order valence-electron chi connectivity index (χ2n) is 4.39. The van der Waals surface area contributed by atoms with Crippen molar-refractivity contribution in [3.63, 3.8) is 0 Å². The third kappa shape index (κ3) is 2.37. The van der Waals surface area contributed by atoms with Gasteiger partial charge in [-0.05, 0) is 12.3 Å². The minimum absolute atomic E-state index is 0.0329. The van der Waals surface area contributed by atoms with Crippen LogP contribution in [0.5, 0.6) is 0 Å². The number of ketones is 1. The minimum Gasteiger partial charge on any atom is -0.512 e. The maximum absolute atomic E-state index is 11.6. The fourth-order valence-corrected chi connectivity index (χ4v) is 1.91. The van der Waals surface area contributed by atoms with Crippen LogP contribution in [-0.2, 0) is 14.3 Å². The highest BCUT2D eigenvalue weighted by Gasteiger charge is 2.44. The Morgan fingerprint density at radius 2 is 2.27 bits per heavy atom. The summed E-state index contributed by atoms with van der Waals surface area (Å²) >= 11 is 0. The lowest BCUT2D eigenvalue weighted by Gasteiger charge is -2.33. The third-order valence-corrected chi connectivity index (χ3v) is 2.53. The first-order valence-corrected chi connectivity index (χ1v) is 4.98. The molecule has 84 valence electrons. The van der Waals surface area contributed by atoms with Crippen LogP contribution in [0.1, 0.15) is 27.2 Å². The van der Waals surface area contributed by atoms with E-state index in [0.29, 0.717) is 6.42 Å². The number of allylic oxidation sites excluding steroid dienone is 2. The molecule has 4 heteroatoms. The van der Waals surface area contributed by atoms with Gasteiger partial charge >= 0.3 is 5.97 Å². The van der Waals surface area contributed by atoms with E-state index in [9.17, 15) is 14.7 Å². The van der Waals surface area contributed by atoms with Crippen molar-refractivity contribution >= 4 is 11.8 Å². The van der Waals surface area contributed by atoms with Crippen LogP contribution in [0.25, 0.3) is 0 Å². The van der Waals surface area contributed by atoms with Crippen LogP contribution in [0.4, 0.5) is 0 Å². The largest absolute Gasteiger partial charge is 0.512 e. The Kier molecular flexibility index (Phi) is 3.17. The lowest BCUT2D eigenvalue weighted by molar-refractivity contribution is -0.156. The predicted molar refractivity (Wildman–Crippen MR) is 54.2 cm³/mol. The van der Waals surface area contributed by atoms with Gasteiger partial charge in [0.25, 0.3) is 0 Å². The van der Waals surface area contributed by atoms with Crippen molar-refractivity contribution in [3.05, 3.63) is 11.8 Å². The van der Waals surface area contributed by atoms with Gasteiger partial charge in [-0.2, -0.15) is 0 Å². The highest BCUT2D eigenvalue weighted by atomic mass is 16.5. The van der Waals surface area contributed by atoms with Gasteiger partial charge in [-0.3, -0.25) is 9.59 Å². The van der Waals surface area contributed by atoms with E-state index in [2.05, 4.69) is 0 Å². The number of carbonyl (C=O) groups is 2. The SMILES string of the molecule is CCOC(=O)C1C(=O)C=C(O)CC1(C)C. The van der Waals surface area contributed by atoms with Crippen molar-refractivity contribution in [1.82, 2.24) is 0 Å². The van der Waals surface area contributed by atoms with Crippen molar-refractivity contribution in [2.75, 3.05) is 6.61 Å². The summed E-state index contributed by atoms with van der Waals surface area (Å²) in [6.07, 6.45) is 1.44.